The zero-order valence-electron chi connectivity index (χ0n) is 16.2. The standard InChI is InChI=1S/C22H22F3NO3/c1-3-16-8-6-9-17(4-2)21(16)26-19(27)14-29-20(28)12-11-15-7-5-10-18(13-15)22(23,24)25/h5-13H,3-4,14H2,1-2H3,(H,26,27). The molecular weight excluding hydrogens is 383 g/mol. The molecule has 0 saturated carbocycles. The van der Waals surface area contributed by atoms with Gasteiger partial charge in [0, 0.05) is 11.8 Å². The molecule has 4 nitrogen and oxygen atoms in total. The first-order valence-corrected chi connectivity index (χ1v) is 9.17. The fourth-order valence-corrected chi connectivity index (χ4v) is 2.75. The van der Waals surface area contributed by atoms with Gasteiger partial charge in [-0.25, -0.2) is 4.79 Å². The van der Waals surface area contributed by atoms with Gasteiger partial charge in [-0.2, -0.15) is 13.2 Å². The highest BCUT2D eigenvalue weighted by atomic mass is 19.4. The van der Waals surface area contributed by atoms with E-state index in [4.69, 9.17) is 4.74 Å². The van der Waals surface area contributed by atoms with Crippen LogP contribution in [-0.4, -0.2) is 18.5 Å². The van der Waals surface area contributed by atoms with E-state index in [0.717, 1.165) is 47.9 Å². The number of nitrogens with one attached hydrogen (secondary N) is 1. The van der Waals surface area contributed by atoms with E-state index in [2.05, 4.69) is 5.32 Å². The number of carbonyl (C=O) groups excluding carboxylic acids is 2. The van der Waals surface area contributed by atoms with Crippen molar-refractivity contribution < 1.29 is 27.5 Å². The predicted octanol–water partition coefficient (Wildman–Crippen LogP) is 5.03. The number of para-hydroxylation sites is 1. The number of carbonyl (C=O) groups is 2. The lowest BCUT2D eigenvalue weighted by molar-refractivity contribution is -0.142. The fourth-order valence-electron chi connectivity index (χ4n) is 2.75. The number of ether oxygens (including phenoxy) is 1. The van der Waals surface area contributed by atoms with Gasteiger partial charge >= 0.3 is 12.1 Å². The van der Waals surface area contributed by atoms with Crippen molar-refractivity contribution in [3.05, 3.63) is 70.8 Å². The lowest BCUT2D eigenvalue weighted by Crippen LogP contribution is -2.21. The predicted molar refractivity (Wildman–Crippen MR) is 105 cm³/mol. The van der Waals surface area contributed by atoms with E-state index in [9.17, 15) is 22.8 Å². The van der Waals surface area contributed by atoms with Crippen molar-refractivity contribution in [2.45, 2.75) is 32.9 Å². The zero-order chi connectivity index (χ0) is 21.4. The molecule has 0 bridgehead atoms. The van der Waals surface area contributed by atoms with E-state index >= 15 is 0 Å². The van der Waals surface area contributed by atoms with Gasteiger partial charge in [-0.05, 0) is 47.7 Å². The van der Waals surface area contributed by atoms with Crippen LogP contribution >= 0.6 is 0 Å². The molecule has 0 spiro atoms. The Hall–Kier alpha value is -3.09. The molecule has 7 heteroatoms. The van der Waals surface area contributed by atoms with Crippen LogP contribution in [0.2, 0.25) is 0 Å². The highest BCUT2D eigenvalue weighted by Gasteiger charge is 2.30. The van der Waals surface area contributed by atoms with Crippen LogP contribution < -0.4 is 5.32 Å². The summed E-state index contributed by atoms with van der Waals surface area (Å²) < 4.78 is 43.0. The van der Waals surface area contributed by atoms with Crippen LogP contribution in [0.25, 0.3) is 6.08 Å². The number of benzene rings is 2. The summed E-state index contributed by atoms with van der Waals surface area (Å²) in [5, 5.41) is 2.77. The molecule has 0 saturated heterocycles. The zero-order valence-corrected chi connectivity index (χ0v) is 16.2. The molecule has 0 unspecified atom stereocenters. The minimum Gasteiger partial charge on any atom is -0.452 e. The highest BCUT2D eigenvalue weighted by Crippen LogP contribution is 2.29. The Kier molecular flexibility index (Phi) is 7.59. The van der Waals surface area contributed by atoms with Crippen LogP contribution in [0.3, 0.4) is 0 Å². The summed E-state index contributed by atoms with van der Waals surface area (Å²) >= 11 is 0. The van der Waals surface area contributed by atoms with E-state index in [-0.39, 0.29) is 5.56 Å². The van der Waals surface area contributed by atoms with E-state index in [1.807, 2.05) is 32.0 Å². The number of halogens is 3. The monoisotopic (exact) mass is 405 g/mol. The van der Waals surface area contributed by atoms with Crippen molar-refractivity contribution >= 4 is 23.6 Å². The number of esters is 1. The Bertz CT molecular complexity index is 882. The summed E-state index contributed by atoms with van der Waals surface area (Å²) in [6.07, 6.45) is -0.794. The van der Waals surface area contributed by atoms with Crippen LogP contribution in [0.5, 0.6) is 0 Å². The molecular formula is C22H22F3NO3. The van der Waals surface area contributed by atoms with Gasteiger partial charge in [0.2, 0.25) is 0 Å². The second-order valence-electron chi connectivity index (χ2n) is 6.27. The Morgan fingerprint density at radius 3 is 2.24 bits per heavy atom. The molecule has 2 aromatic rings. The Morgan fingerprint density at radius 2 is 1.66 bits per heavy atom. The number of hydrogen-bond acceptors (Lipinski definition) is 3. The summed E-state index contributed by atoms with van der Waals surface area (Å²) in [5.41, 5.74) is 2.07. The van der Waals surface area contributed by atoms with Crippen molar-refractivity contribution in [3.8, 4) is 0 Å². The third-order valence-electron chi connectivity index (χ3n) is 4.23. The summed E-state index contributed by atoms with van der Waals surface area (Å²) in [5.74, 6) is -1.31. The molecule has 0 radical (unpaired) electrons. The van der Waals surface area contributed by atoms with E-state index in [0.29, 0.717) is 0 Å². The summed E-state index contributed by atoms with van der Waals surface area (Å²) in [6, 6.07) is 10.3. The van der Waals surface area contributed by atoms with Crippen LogP contribution in [0.1, 0.15) is 36.1 Å². The lowest BCUT2D eigenvalue weighted by atomic mass is 10.0. The fraction of sp³-hybridized carbons (Fsp3) is 0.273. The summed E-state index contributed by atoms with van der Waals surface area (Å²) in [6.45, 7) is 3.46. The smallest absolute Gasteiger partial charge is 0.416 e. The first kappa shape index (κ1) is 22.2. The molecule has 0 atom stereocenters. The SMILES string of the molecule is CCc1cccc(CC)c1NC(=O)COC(=O)C=Cc1cccc(C(F)(F)F)c1. The Morgan fingerprint density at radius 1 is 1.03 bits per heavy atom. The topological polar surface area (TPSA) is 55.4 Å². The highest BCUT2D eigenvalue weighted by molar-refractivity contribution is 5.95. The number of alkyl halides is 3. The van der Waals surface area contributed by atoms with Gasteiger partial charge in [0.15, 0.2) is 6.61 Å². The molecule has 0 aliphatic carbocycles. The van der Waals surface area contributed by atoms with Crippen molar-refractivity contribution in [3.63, 3.8) is 0 Å². The lowest BCUT2D eigenvalue weighted by Gasteiger charge is -2.14. The van der Waals surface area contributed by atoms with Crippen LogP contribution in [0.4, 0.5) is 18.9 Å². The molecule has 154 valence electrons. The maximum Gasteiger partial charge on any atom is 0.416 e. The second-order valence-corrected chi connectivity index (χ2v) is 6.27. The normalized spacial score (nSPS) is 11.5. The third-order valence-corrected chi connectivity index (χ3v) is 4.23. The summed E-state index contributed by atoms with van der Waals surface area (Å²) in [7, 11) is 0. The van der Waals surface area contributed by atoms with Crippen molar-refractivity contribution in [2.75, 3.05) is 11.9 Å². The van der Waals surface area contributed by atoms with Gasteiger partial charge in [0.05, 0.1) is 5.56 Å². The van der Waals surface area contributed by atoms with Crippen molar-refractivity contribution in [1.29, 1.82) is 0 Å². The Labute approximate surface area is 167 Å². The minimum atomic E-state index is -4.46. The van der Waals surface area contributed by atoms with Crippen molar-refractivity contribution in [1.82, 2.24) is 0 Å². The summed E-state index contributed by atoms with van der Waals surface area (Å²) in [4.78, 5) is 23.9. The van der Waals surface area contributed by atoms with Crippen LogP contribution in [-0.2, 0) is 33.3 Å². The third kappa shape index (κ3) is 6.48. The molecule has 0 aliphatic rings. The first-order chi connectivity index (χ1) is 13.7. The molecule has 0 aliphatic heterocycles. The molecule has 29 heavy (non-hydrogen) atoms. The van der Waals surface area contributed by atoms with Crippen LogP contribution in [0, 0.1) is 0 Å². The van der Waals surface area contributed by atoms with Gasteiger partial charge in [0.25, 0.3) is 5.91 Å². The minimum absolute atomic E-state index is 0.200. The van der Waals surface area contributed by atoms with Gasteiger partial charge in [-0.15, -0.1) is 0 Å². The van der Waals surface area contributed by atoms with E-state index < -0.39 is 30.2 Å². The molecule has 2 aromatic carbocycles. The van der Waals surface area contributed by atoms with E-state index in [1.54, 1.807) is 0 Å². The quantitative estimate of drug-likeness (QED) is 0.520. The van der Waals surface area contributed by atoms with Crippen molar-refractivity contribution in [2.24, 2.45) is 0 Å². The molecule has 0 fully saturated rings. The van der Waals surface area contributed by atoms with Gasteiger partial charge in [-0.3, -0.25) is 4.79 Å². The number of hydrogen-bond donors (Lipinski definition) is 1. The van der Waals surface area contributed by atoms with Gasteiger partial charge < -0.3 is 10.1 Å². The average molecular weight is 405 g/mol. The molecule has 0 aromatic heterocycles. The van der Waals surface area contributed by atoms with Crippen LogP contribution in [0.15, 0.2) is 48.5 Å². The molecule has 0 heterocycles. The average Bonchev–Trinajstić information content (AvgIpc) is 2.70. The second kappa shape index (κ2) is 9.91. The maximum atomic E-state index is 12.7. The number of amides is 1. The number of aryl methyl sites for hydroxylation is 2. The first-order valence-electron chi connectivity index (χ1n) is 9.17. The number of anilines is 1. The number of rotatable bonds is 7. The van der Waals surface area contributed by atoms with Gasteiger partial charge in [-0.1, -0.05) is 44.2 Å². The van der Waals surface area contributed by atoms with E-state index in [1.165, 1.54) is 18.2 Å². The molecule has 2 rings (SSSR count). The molecule has 1 N–H and O–H groups in total. The Balaban J connectivity index is 1.95. The maximum absolute atomic E-state index is 12.7. The van der Waals surface area contributed by atoms with Gasteiger partial charge in [0.1, 0.15) is 0 Å². The largest absolute Gasteiger partial charge is 0.452 e. The molecule has 1 amide bonds.